The summed E-state index contributed by atoms with van der Waals surface area (Å²) in [7, 11) is -2.45. The molecule has 1 aliphatic rings. The molecule has 0 bridgehead atoms. The van der Waals surface area contributed by atoms with Crippen molar-refractivity contribution in [3.05, 3.63) is 45.8 Å². The predicted molar refractivity (Wildman–Crippen MR) is 109 cm³/mol. The Hall–Kier alpha value is -2.31. The molecule has 3 aromatic rings. The number of carbonyl (C=O) groups is 1. The van der Waals surface area contributed by atoms with Crippen LogP contribution in [0.25, 0.3) is 22.0 Å². The second-order valence-corrected chi connectivity index (χ2v) is 10.0. The molecule has 0 spiro atoms. The summed E-state index contributed by atoms with van der Waals surface area (Å²) in [6.07, 6.45) is 3.27. The maximum atomic E-state index is 12.0. The number of H-pyrrole nitrogens is 1. The molecule has 1 aliphatic heterocycles. The van der Waals surface area contributed by atoms with Gasteiger partial charge in [-0.3, -0.25) is 13.9 Å². The first-order valence-corrected chi connectivity index (χ1v) is 11.4. The summed E-state index contributed by atoms with van der Waals surface area (Å²) in [6, 6.07) is 5.90. The lowest BCUT2D eigenvalue weighted by molar-refractivity contribution is 0.100. The van der Waals surface area contributed by atoms with Crippen molar-refractivity contribution in [3.63, 3.8) is 0 Å². The van der Waals surface area contributed by atoms with Crippen LogP contribution in [0, 0.1) is 11.3 Å². The highest BCUT2D eigenvalue weighted by molar-refractivity contribution is 8.24. The van der Waals surface area contributed by atoms with Crippen LogP contribution in [0.3, 0.4) is 0 Å². The van der Waals surface area contributed by atoms with E-state index in [1.165, 1.54) is 11.3 Å². The zero-order valence-corrected chi connectivity index (χ0v) is 16.1. The molecule has 140 valence electrons. The number of amides is 1. The van der Waals surface area contributed by atoms with Gasteiger partial charge in [-0.15, -0.1) is 0 Å². The fraction of sp³-hybridized carbons (Fsp3) is 0.263. The van der Waals surface area contributed by atoms with Crippen molar-refractivity contribution in [1.82, 2.24) is 4.98 Å². The molecular formula is C19H19N3O3S2. The molecule has 0 saturated carbocycles. The van der Waals surface area contributed by atoms with E-state index < -0.39 is 16.5 Å². The van der Waals surface area contributed by atoms with Crippen molar-refractivity contribution in [2.45, 2.75) is 18.8 Å². The van der Waals surface area contributed by atoms with E-state index >= 15 is 0 Å². The first-order valence-electron chi connectivity index (χ1n) is 8.54. The van der Waals surface area contributed by atoms with Crippen molar-refractivity contribution in [2.24, 2.45) is 5.73 Å². The third-order valence-electron chi connectivity index (χ3n) is 5.21. The van der Waals surface area contributed by atoms with Gasteiger partial charge in [0.25, 0.3) is 5.91 Å². The molecule has 0 radical (unpaired) electrons. The maximum absolute atomic E-state index is 12.0. The minimum absolute atomic E-state index is 0.188. The summed E-state index contributed by atoms with van der Waals surface area (Å²) in [6.45, 7) is 0. The second kappa shape index (κ2) is 6.69. The van der Waals surface area contributed by atoms with Crippen LogP contribution < -0.4 is 5.73 Å². The number of primary amides is 1. The number of nitriles is 1. The molecule has 27 heavy (non-hydrogen) atoms. The number of hydrogen-bond acceptors (Lipinski definition) is 5. The third-order valence-corrected chi connectivity index (χ3v) is 7.73. The number of thiophene rings is 1. The molecular weight excluding hydrogens is 382 g/mol. The van der Waals surface area contributed by atoms with E-state index in [4.69, 9.17) is 5.73 Å². The van der Waals surface area contributed by atoms with Crippen molar-refractivity contribution in [2.75, 3.05) is 11.5 Å². The van der Waals surface area contributed by atoms with E-state index in [0.717, 1.165) is 22.1 Å². The Kier molecular flexibility index (Phi) is 4.48. The Bertz CT molecular complexity index is 1070. The Morgan fingerprint density at radius 1 is 1.30 bits per heavy atom. The van der Waals surface area contributed by atoms with Crippen LogP contribution in [0.4, 0.5) is 0 Å². The van der Waals surface area contributed by atoms with E-state index in [9.17, 15) is 19.2 Å². The minimum atomic E-state index is -2.45. The fourth-order valence-electron chi connectivity index (χ4n) is 3.77. The zero-order valence-electron chi connectivity index (χ0n) is 14.4. The Labute approximate surface area is 162 Å². The zero-order chi connectivity index (χ0) is 19.2. The van der Waals surface area contributed by atoms with Gasteiger partial charge < -0.3 is 10.7 Å². The molecule has 1 aromatic carbocycles. The number of fused-ring (bicyclic) bond motifs is 1. The van der Waals surface area contributed by atoms with Crippen molar-refractivity contribution in [3.8, 4) is 17.2 Å². The lowest BCUT2D eigenvalue weighted by Gasteiger charge is -2.39. The first kappa shape index (κ1) is 18.1. The van der Waals surface area contributed by atoms with Gasteiger partial charge in [0, 0.05) is 34.0 Å². The fourth-order valence-corrected chi connectivity index (χ4v) is 6.08. The number of nitrogens with two attached hydrogens (primary N) is 1. The SMILES string of the molecule is N#Cc1cscc1-c1cc(C(N)=O)c2[nH]cc(C3CCS(O)(O)CC3)c2c1. The Morgan fingerprint density at radius 2 is 2.04 bits per heavy atom. The van der Waals surface area contributed by atoms with Gasteiger partial charge in [0.1, 0.15) is 6.07 Å². The summed E-state index contributed by atoms with van der Waals surface area (Å²) in [5.74, 6) is 0.459. The van der Waals surface area contributed by atoms with Gasteiger partial charge >= 0.3 is 0 Å². The van der Waals surface area contributed by atoms with Crippen LogP contribution in [-0.4, -0.2) is 31.5 Å². The van der Waals surface area contributed by atoms with Crippen LogP contribution >= 0.6 is 21.9 Å². The van der Waals surface area contributed by atoms with Crippen LogP contribution in [0.2, 0.25) is 0 Å². The summed E-state index contributed by atoms with van der Waals surface area (Å²) in [4.78, 5) is 15.2. The van der Waals surface area contributed by atoms with Crippen LogP contribution in [-0.2, 0) is 0 Å². The maximum Gasteiger partial charge on any atom is 0.250 e. The second-order valence-electron chi connectivity index (χ2n) is 6.85. The molecule has 0 atom stereocenters. The lowest BCUT2D eigenvalue weighted by atomic mass is 9.91. The van der Waals surface area contributed by atoms with E-state index in [0.29, 0.717) is 41.0 Å². The third kappa shape index (κ3) is 3.24. The highest BCUT2D eigenvalue weighted by Crippen LogP contribution is 2.49. The molecule has 1 saturated heterocycles. The normalized spacial score (nSPS) is 18.3. The summed E-state index contributed by atoms with van der Waals surface area (Å²) in [5, 5.41) is 13.9. The standard InChI is InChI=1S/C19H19N3O3S2/c20-7-13-9-26-10-17(13)12-5-14-16(11-1-3-27(24,25)4-2-11)8-22-18(14)15(6-12)19(21)23/h5-6,8-11,22,24-25H,1-4H2,(H2,21,23). The Balaban J connectivity index is 1.86. The van der Waals surface area contributed by atoms with E-state index in [1.807, 2.05) is 17.6 Å². The molecule has 5 N–H and O–H groups in total. The largest absolute Gasteiger partial charge is 0.366 e. The van der Waals surface area contributed by atoms with Gasteiger partial charge in [-0.05, 0) is 47.4 Å². The number of carbonyl (C=O) groups excluding carboxylic acids is 1. The van der Waals surface area contributed by atoms with Crippen molar-refractivity contribution < 1.29 is 13.9 Å². The minimum Gasteiger partial charge on any atom is -0.366 e. The molecule has 4 rings (SSSR count). The van der Waals surface area contributed by atoms with Gasteiger partial charge in [0.05, 0.1) is 16.6 Å². The van der Waals surface area contributed by atoms with Gasteiger partial charge in [0.15, 0.2) is 0 Å². The van der Waals surface area contributed by atoms with Crippen molar-refractivity contribution in [1.29, 1.82) is 5.26 Å². The van der Waals surface area contributed by atoms with Crippen LogP contribution in [0.1, 0.15) is 40.2 Å². The van der Waals surface area contributed by atoms with Gasteiger partial charge in [-0.1, -0.05) is 0 Å². The average molecular weight is 402 g/mol. The monoisotopic (exact) mass is 401 g/mol. The van der Waals surface area contributed by atoms with Crippen LogP contribution in [0.15, 0.2) is 29.1 Å². The molecule has 8 heteroatoms. The van der Waals surface area contributed by atoms with E-state index in [-0.39, 0.29) is 5.92 Å². The number of benzene rings is 1. The number of aromatic amines is 1. The predicted octanol–water partition coefficient (Wildman–Crippen LogP) is 4.49. The molecule has 1 amide bonds. The number of nitrogens with zero attached hydrogens (tertiary/aromatic N) is 1. The number of rotatable bonds is 3. The smallest absolute Gasteiger partial charge is 0.250 e. The summed E-state index contributed by atoms with van der Waals surface area (Å²) in [5.41, 5.74) is 9.89. The Morgan fingerprint density at radius 3 is 2.70 bits per heavy atom. The lowest BCUT2D eigenvalue weighted by Crippen LogP contribution is -2.19. The van der Waals surface area contributed by atoms with Gasteiger partial charge in [0.2, 0.25) is 0 Å². The topological polar surface area (TPSA) is 123 Å². The molecule has 6 nitrogen and oxygen atoms in total. The number of hydrogen-bond donors (Lipinski definition) is 4. The summed E-state index contributed by atoms with van der Waals surface area (Å²) >= 11 is 1.44. The highest BCUT2D eigenvalue weighted by Gasteiger charge is 2.27. The molecule has 1 fully saturated rings. The van der Waals surface area contributed by atoms with Crippen LogP contribution in [0.5, 0.6) is 0 Å². The molecule has 0 unspecified atom stereocenters. The number of nitrogens with one attached hydrogen (secondary N) is 1. The van der Waals surface area contributed by atoms with E-state index in [1.54, 1.807) is 11.4 Å². The molecule has 0 aliphatic carbocycles. The van der Waals surface area contributed by atoms with Crippen molar-refractivity contribution >= 4 is 38.7 Å². The quantitative estimate of drug-likeness (QED) is 0.516. The van der Waals surface area contributed by atoms with Gasteiger partial charge in [-0.2, -0.15) is 27.2 Å². The molecule has 2 aromatic heterocycles. The number of aromatic nitrogens is 1. The molecule has 3 heterocycles. The first-order chi connectivity index (χ1) is 12.9. The summed E-state index contributed by atoms with van der Waals surface area (Å²) < 4.78 is 19.8. The average Bonchev–Trinajstić information content (AvgIpc) is 3.27. The van der Waals surface area contributed by atoms with Gasteiger partial charge in [-0.25, -0.2) is 0 Å². The van der Waals surface area contributed by atoms with E-state index in [2.05, 4.69) is 11.1 Å². The highest BCUT2D eigenvalue weighted by atomic mass is 32.3.